The predicted molar refractivity (Wildman–Crippen MR) is 88.6 cm³/mol. The summed E-state index contributed by atoms with van der Waals surface area (Å²) in [5.41, 5.74) is 4.84. The summed E-state index contributed by atoms with van der Waals surface area (Å²) in [7, 11) is 0. The highest BCUT2D eigenvalue weighted by Crippen LogP contribution is 2.42. The average Bonchev–Trinajstić information content (AvgIpc) is 3.04. The molecule has 6 heteroatoms. The molecule has 23 heavy (non-hydrogen) atoms. The molecule has 0 aliphatic heterocycles. The molecule has 0 unspecified atom stereocenters. The molecule has 1 aromatic carbocycles. The number of hydrogen-bond donors (Lipinski definition) is 3. The molecule has 2 aromatic rings. The molecule has 0 saturated heterocycles. The summed E-state index contributed by atoms with van der Waals surface area (Å²) in [5, 5.41) is 3.51. The van der Waals surface area contributed by atoms with E-state index in [9.17, 15) is 4.79 Å². The molecule has 0 bridgehead atoms. The van der Waals surface area contributed by atoms with E-state index in [4.69, 9.17) is 5.84 Å². The number of anilines is 1. The number of nitrogens with two attached hydrogens (primary N) is 1. The van der Waals surface area contributed by atoms with Crippen LogP contribution >= 0.6 is 0 Å². The van der Waals surface area contributed by atoms with Crippen molar-refractivity contribution in [2.24, 2.45) is 5.84 Å². The summed E-state index contributed by atoms with van der Waals surface area (Å²) in [6, 6.07) is 8.42. The van der Waals surface area contributed by atoms with Gasteiger partial charge in [-0.15, -0.1) is 0 Å². The molecule has 1 aliphatic rings. The van der Waals surface area contributed by atoms with Crippen molar-refractivity contribution in [3.8, 4) is 0 Å². The Morgan fingerprint density at radius 3 is 2.43 bits per heavy atom. The second-order valence-electron chi connectivity index (χ2n) is 6.00. The zero-order chi connectivity index (χ0) is 16.3. The van der Waals surface area contributed by atoms with Gasteiger partial charge in [0.05, 0.1) is 11.1 Å². The zero-order valence-corrected chi connectivity index (χ0v) is 13.2. The van der Waals surface area contributed by atoms with Gasteiger partial charge in [0.1, 0.15) is 0 Å². The minimum Gasteiger partial charge on any atom is -0.345 e. The van der Waals surface area contributed by atoms with Crippen LogP contribution in [0.2, 0.25) is 0 Å². The van der Waals surface area contributed by atoms with E-state index in [1.54, 1.807) is 0 Å². The number of nitrogens with zero attached hydrogens (tertiary/aromatic N) is 2. The largest absolute Gasteiger partial charge is 0.345 e. The summed E-state index contributed by atoms with van der Waals surface area (Å²) >= 11 is 0. The van der Waals surface area contributed by atoms with Gasteiger partial charge in [-0.3, -0.25) is 10.2 Å². The maximum atomic E-state index is 11.5. The Hall–Kier alpha value is -2.47. The van der Waals surface area contributed by atoms with Crippen molar-refractivity contribution in [3.05, 3.63) is 53.3 Å². The second kappa shape index (κ2) is 6.34. The molecule has 4 N–H and O–H groups in total. The first-order valence-corrected chi connectivity index (χ1v) is 7.82. The number of nitrogen functional groups attached to an aromatic ring is 1. The molecular formula is C17H21N5O. The van der Waals surface area contributed by atoms with Crippen molar-refractivity contribution in [3.63, 3.8) is 0 Å². The minimum atomic E-state index is -0.397. The number of carbonyl (C=O) groups excluding carboxylic acids is 1. The van der Waals surface area contributed by atoms with Crippen LogP contribution in [0.15, 0.2) is 36.7 Å². The van der Waals surface area contributed by atoms with E-state index in [1.807, 2.05) is 0 Å². The Bertz CT molecular complexity index is 692. The molecule has 3 rings (SSSR count). The molecule has 0 atom stereocenters. The number of amides is 1. The third-order valence-corrected chi connectivity index (χ3v) is 4.51. The normalized spacial score (nSPS) is 16.1. The van der Waals surface area contributed by atoms with Crippen LogP contribution in [0, 0.1) is 6.92 Å². The third kappa shape index (κ3) is 3.03. The topological polar surface area (TPSA) is 92.9 Å². The summed E-state index contributed by atoms with van der Waals surface area (Å²) < 4.78 is 0. The Morgan fingerprint density at radius 1 is 1.17 bits per heavy atom. The maximum absolute atomic E-state index is 11.5. The molecule has 6 nitrogen and oxygen atoms in total. The first-order chi connectivity index (χ1) is 11.1. The van der Waals surface area contributed by atoms with E-state index in [0.717, 1.165) is 12.8 Å². The first kappa shape index (κ1) is 15.4. The fourth-order valence-electron chi connectivity index (χ4n) is 3.36. The summed E-state index contributed by atoms with van der Waals surface area (Å²) in [6.45, 7) is 2.13. The number of aromatic nitrogens is 2. The smallest absolute Gasteiger partial charge is 0.268 e. The van der Waals surface area contributed by atoms with E-state index in [1.165, 1.54) is 36.4 Å². The number of rotatable bonds is 4. The standard InChI is InChI=1S/C17H21N5O/c1-12-6-2-3-7-14(12)17(8-4-5-9-17)21-16-19-10-13(11-20-16)15(23)22-18/h2-3,6-7,10-11H,4-5,8-9,18H2,1H3,(H,22,23)(H,19,20,21). The number of carbonyl (C=O) groups is 1. The van der Waals surface area contributed by atoms with Gasteiger partial charge < -0.3 is 5.32 Å². The van der Waals surface area contributed by atoms with Crippen LogP contribution in [-0.4, -0.2) is 15.9 Å². The predicted octanol–water partition coefficient (Wildman–Crippen LogP) is 2.27. The quantitative estimate of drug-likeness (QED) is 0.457. The van der Waals surface area contributed by atoms with Crippen LogP contribution in [0.3, 0.4) is 0 Å². The summed E-state index contributed by atoms with van der Waals surface area (Å²) in [6.07, 6.45) is 7.42. The molecule has 0 spiro atoms. The van der Waals surface area contributed by atoms with Crippen LogP contribution in [-0.2, 0) is 5.54 Å². The molecule has 1 fully saturated rings. The molecular weight excluding hydrogens is 290 g/mol. The lowest BCUT2D eigenvalue weighted by atomic mass is 9.85. The monoisotopic (exact) mass is 311 g/mol. The van der Waals surface area contributed by atoms with Gasteiger partial charge in [-0.1, -0.05) is 37.1 Å². The number of aryl methyl sites for hydroxylation is 1. The van der Waals surface area contributed by atoms with Crippen molar-refractivity contribution in [2.75, 3.05) is 5.32 Å². The first-order valence-electron chi connectivity index (χ1n) is 7.82. The lowest BCUT2D eigenvalue weighted by Crippen LogP contribution is -2.34. The summed E-state index contributed by atoms with van der Waals surface area (Å²) in [5.74, 6) is 5.25. The number of nitrogens with one attached hydrogen (secondary N) is 2. The average molecular weight is 311 g/mol. The molecule has 1 heterocycles. The van der Waals surface area contributed by atoms with Gasteiger partial charge >= 0.3 is 0 Å². The van der Waals surface area contributed by atoms with Crippen molar-refractivity contribution in [2.45, 2.75) is 38.1 Å². The Kier molecular flexibility index (Phi) is 4.25. The van der Waals surface area contributed by atoms with Crippen molar-refractivity contribution < 1.29 is 4.79 Å². The fraction of sp³-hybridized carbons (Fsp3) is 0.353. The Labute approximate surface area is 135 Å². The fourth-order valence-corrected chi connectivity index (χ4v) is 3.36. The number of benzene rings is 1. The van der Waals surface area contributed by atoms with Gasteiger partial charge in [0, 0.05) is 12.4 Å². The van der Waals surface area contributed by atoms with Gasteiger partial charge in [0.15, 0.2) is 0 Å². The molecule has 1 aliphatic carbocycles. The van der Waals surface area contributed by atoms with Gasteiger partial charge in [-0.2, -0.15) is 0 Å². The maximum Gasteiger partial charge on any atom is 0.268 e. The Morgan fingerprint density at radius 2 is 1.83 bits per heavy atom. The van der Waals surface area contributed by atoms with Crippen molar-refractivity contribution >= 4 is 11.9 Å². The molecule has 1 aromatic heterocycles. The van der Waals surface area contributed by atoms with Gasteiger partial charge in [0.2, 0.25) is 5.95 Å². The van der Waals surface area contributed by atoms with Crippen LogP contribution < -0.4 is 16.6 Å². The van der Waals surface area contributed by atoms with E-state index in [2.05, 4.69) is 51.9 Å². The highest BCUT2D eigenvalue weighted by Gasteiger charge is 2.37. The van der Waals surface area contributed by atoms with Crippen LogP contribution in [0.25, 0.3) is 0 Å². The number of hydrogen-bond acceptors (Lipinski definition) is 5. The van der Waals surface area contributed by atoms with Crippen LogP contribution in [0.5, 0.6) is 0 Å². The highest BCUT2D eigenvalue weighted by molar-refractivity contribution is 5.93. The molecule has 1 saturated carbocycles. The van der Waals surface area contributed by atoms with Gasteiger partial charge in [-0.25, -0.2) is 15.8 Å². The lowest BCUT2D eigenvalue weighted by molar-refractivity contribution is 0.0953. The molecule has 0 radical (unpaired) electrons. The highest BCUT2D eigenvalue weighted by atomic mass is 16.2. The van der Waals surface area contributed by atoms with E-state index in [-0.39, 0.29) is 5.54 Å². The van der Waals surface area contributed by atoms with E-state index >= 15 is 0 Å². The van der Waals surface area contributed by atoms with Crippen LogP contribution in [0.1, 0.15) is 47.2 Å². The molecule has 1 amide bonds. The van der Waals surface area contributed by atoms with Crippen molar-refractivity contribution in [1.29, 1.82) is 0 Å². The third-order valence-electron chi connectivity index (χ3n) is 4.51. The van der Waals surface area contributed by atoms with Crippen LogP contribution in [0.4, 0.5) is 5.95 Å². The second-order valence-corrected chi connectivity index (χ2v) is 6.00. The number of hydrazine groups is 1. The van der Waals surface area contributed by atoms with Gasteiger partial charge in [0.25, 0.3) is 5.91 Å². The zero-order valence-electron chi connectivity index (χ0n) is 13.2. The lowest BCUT2D eigenvalue weighted by Gasteiger charge is -2.32. The van der Waals surface area contributed by atoms with Gasteiger partial charge in [-0.05, 0) is 30.9 Å². The van der Waals surface area contributed by atoms with Crippen molar-refractivity contribution in [1.82, 2.24) is 15.4 Å². The summed E-state index contributed by atoms with van der Waals surface area (Å²) in [4.78, 5) is 20.0. The van der Waals surface area contributed by atoms with E-state index in [0.29, 0.717) is 11.5 Å². The SMILES string of the molecule is Cc1ccccc1C1(Nc2ncc(C(=O)NN)cn2)CCCC1. The van der Waals surface area contributed by atoms with E-state index < -0.39 is 5.91 Å². The Balaban J connectivity index is 1.89. The molecule has 120 valence electrons. The minimum absolute atomic E-state index is 0.136.